The molecule has 13 heavy (non-hydrogen) atoms. The van der Waals surface area contributed by atoms with E-state index in [1.54, 1.807) is 12.1 Å². The Kier molecular flexibility index (Phi) is 3.23. The lowest BCUT2D eigenvalue weighted by Gasteiger charge is -2.06. The number of benzene rings is 1. The maximum atomic E-state index is 11.1. The Morgan fingerprint density at radius 2 is 2.00 bits per heavy atom. The predicted molar refractivity (Wildman–Crippen MR) is 53.6 cm³/mol. The van der Waals surface area contributed by atoms with Crippen LogP contribution in [0.25, 0.3) is 0 Å². The zero-order valence-electron chi connectivity index (χ0n) is 6.86. The highest BCUT2D eigenvalue weighted by molar-refractivity contribution is 14.1. The molecule has 0 spiro atoms. The Morgan fingerprint density at radius 1 is 1.38 bits per heavy atom. The number of rotatable bonds is 1. The van der Waals surface area contributed by atoms with Crippen molar-refractivity contribution in [3.63, 3.8) is 0 Å². The van der Waals surface area contributed by atoms with E-state index in [1.807, 2.05) is 13.0 Å². The zero-order chi connectivity index (χ0) is 10.0. The molecule has 0 saturated heterocycles. The van der Waals surface area contributed by atoms with Gasteiger partial charge in [-0.05, 0) is 53.3 Å². The molecular weight excluding hydrogens is 285 g/mol. The summed E-state index contributed by atoms with van der Waals surface area (Å²) in [6.07, 6.45) is 0. The third kappa shape index (κ3) is 2.64. The summed E-state index contributed by atoms with van der Waals surface area (Å²) in [5, 5.41) is 16.6. The number of nitrogens with zero attached hydrogens (tertiary/aromatic N) is 1. The molecule has 2 N–H and O–H groups in total. The first-order valence-electron chi connectivity index (χ1n) is 3.50. The molecule has 4 nitrogen and oxygen atoms in total. The van der Waals surface area contributed by atoms with Gasteiger partial charge in [-0.25, -0.2) is 0 Å². The van der Waals surface area contributed by atoms with Crippen molar-refractivity contribution in [2.45, 2.75) is 6.92 Å². The van der Waals surface area contributed by atoms with Gasteiger partial charge in [0.15, 0.2) is 0 Å². The quantitative estimate of drug-likeness (QED) is 0.472. The van der Waals surface area contributed by atoms with Gasteiger partial charge < -0.3 is 0 Å². The van der Waals surface area contributed by atoms with Crippen molar-refractivity contribution in [1.82, 2.24) is 5.23 Å². The molecular formula is C8H8INO3. The number of carbonyl (C=O) groups is 1. The van der Waals surface area contributed by atoms with E-state index in [0.29, 0.717) is 0 Å². The summed E-state index contributed by atoms with van der Waals surface area (Å²) < 4.78 is 0.878. The molecule has 0 unspecified atom stereocenters. The third-order valence-electron chi connectivity index (χ3n) is 1.47. The lowest BCUT2D eigenvalue weighted by molar-refractivity contribution is -0.260. The molecule has 0 heterocycles. The molecule has 0 bridgehead atoms. The van der Waals surface area contributed by atoms with Crippen molar-refractivity contribution in [1.29, 1.82) is 0 Å². The van der Waals surface area contributed by atoms with Crippen LogP contribution in [-0.4, -0.2) is 21.5 Å². The average Bonchev–Trinajstić information content (AvgIpc) is 2.01. The Bertz CT molecular complexity index is 318. The van der Waals surface area contributed by atoms with Gasteiger partial charge in [-0.1, -0.05) is 5.23 Å². The Morgan fingerprint density at radius 3 is 2.46 bits per heavy atom. The third-order valence-corrected chi connectivity index (χ3v) is 2.09. The standard InChI is InChI=1S/C8H8INO3/c1-5-2-6(4-7(9)3-5)8(11)10(12)13/h2-4,12-13H,1H3. The SMILES string of the molecule is Cc1cc(I)cc(C(=O)N(O)O)c1. The first-order valence-corrected chi connectivity index (χ1v) is 4.58. The van der Waals surface area contributed by atoms with Crippen LogP contribution in [0.2, 0.25) is 0 Å². The van der Waals surface area contributed by atoms with E-state index in [4.69, 9.17) is 10.4 Å². The van der Waals surface area contributed by atoms with Crippen LogP contribution in [0.15, 0.2) is 18.2 Å². The van der Waals surface area contributed by atoms with Crippen LogP contribution in [0.5, 0.6) is 0 Å². The highest BCUT2D eigenvalue weighted by Gasteiger charge is 2.11. The van der Waals surface area contributed by atoms with E-state index in [1.165, 1.54) is 0 Å². The molecule has 0 fully saturated rings. The van der Waals surface area contributed by atoms with Crippen molar-refractivity contribution in [2.24, 2.45) is 0 Å². The van der Waals surface area contributed by atoms with Crippen LogP contribution in [-0.2, 0) is 0 Å². The Balaban J connectivity index is 3.08. The average molecular weight is 293 g/mol. The lowest BCUT2D eigenvalue weighted by atomic mass is 10.1. The summed E-state index contributed by atoms with van der Waals surface area (Å²) in [6.45, 7) is 1.83. The van der Waals surface area contributed by atoms with Crippen LogP contribution in [0.3, 0.4) is 0 Å². The lowest BCUT2D eigenvalue weighted by Crippen LogP contribution is -2.23. The monoisotopic (exact) mass is 293 g/mol. The second-order valence-corrected chi connectivity index (χ2v) is 3.86. The van der Waals surface area contributed by atoms with E-state index < -0.39 is 11.1 Å². The van der Waals surface area contributed by atoms with E-state index in [9.17, 15) is 4.79 Å². The number of halogens is 1. The molecule has 70 valence electrons. The van der Waals surface area contributed by atoms with Gasteiger partial charge in [-0.3, -0.25) is 15.2 Å². The summed E-state index contributed by atoms with van der Waals surface area (Å²) in [5.74, 6) is -0.832. The van der Waals surface area contributed by atoms with Gasteiger partial charge in [-0.2, -0.15) is 0 Å². The molecule has 0 atom stereocenters. The Hall–Kier alpha value is -0.660. The van der Waals surface area contributed by atoms with Crippen LogP contribution < -0.4 is 0 Å². The number of aryl methyl sites for hydroxylation is 1. The summed E-state index contributed by atoms with van der Waals surface area (Å²) in [6, 6.07) is 5.05. The first kappa shape index (κ1) is 10.4. The van der Waals surface area contributed by atoms with E-state index in [0.717, 1.165) is 9.13 Å². The normalized spacial score (nSPS) is 9.85. The largest absolute Gasteiger partial charge is 0.303 e. The fourth-order valence-electron chi connectivity index (χ4n) is 0.975. The molecule has 0 radical (unpaired) electrons. The molecule has 0 saturated carbocycles. The van der Waals surface area contributed by atoms with Gasteiger partial charge in [0, 0.05) is 9.13 Å². The maximum absolute atomic E-state index is 11.1. The van der Waals surface area contributed by atoms with Crippen molar-refractivity contribution >= 4 is 28.5 Å². The van der Waals surface area contributed by atoms with E-state index in [2.05, 4.69) is 22.6 Å². The summed E-state index contributed by atoms with van der Waals surface area (Å²) in [4.78, 5) is 11.1. The van der Waals surface area contributed by atoms with Gasteiger partial charge >= 0.3 is 5.91 Å². The van der Waals surface area contributed by atoms with Gasteiger partial charge in [0.1, 0.15) is 0 Å². The number of hydrogen-bond acceptors (Lipinski definition) is 3. The van der Waals surface area contributed by atoms with E-state index in [-0.39, 0.29) is 5.56 Å². The van der Waals surface area contributed by atoms with E-state index >= 15 is 0 Å². The Labute approximate surface area is 88.8 Å². The number of hydrogen-bond donors (Lipinski definition) is 2. The fourth-order valence-corrected chi connectivity index (χ4v) is 1.80. The van der Waals surface area contributed by atoms with Crippen LogP contribution in [0.4, 0.5) is 0 Å². The minimum Gasteiger partial charge on any atom is -0.264 e. The zero-order valence-corrected chi connectivity index (χ0v) is 9.02. The van der Waals surface area contributed by atoms with Crippen molar-refractivity contribution in [3.8, 4) is 0 Å². The fraction of sp³-hybridized carbons (Fsp3) is 0.125. The summed E-state index contributed by atoms with van der Waals surface area (Å²) in [7, 11) is 0. The number of hydroxylamine groups is 2. The van der Waals surface area contributed by atoms with Crippen molar-refractivity contribution < 1.29 is 15.2 Å². The van der Waals surface area contributed by atoms with Crippen molar-refractivity contribution in [3.05, 3.63) is 32.9 Å². The van der Waals surface area contributed by atoms with Crippen LogP contribution in [0, 0.1) is 10.5 Å². The number of amides is 1. The maximum Gasteiger partial charge on any atom is 0.303 e. The first-order chi connectivity index (χ1) is 6.00. The molecule has 0 aliphatic carbocycles. The molecule has 0 aliphatic rings. The summed E-state index contributed by atoms with van der Waals surface area (Å²) >= 11 is 2.05. The highest BCUT2D eigenvalue weighted by atomic mass is 127. The van der Waals surface area contributed by atoms with Crippen LogP contribution >= 0.6 is 22.6 Å². The molecule has 0 aromatic heterocycles. The van der Waals surface area contributed by atoms with Crippen LogP contribution in [0.1, 0.15) is 15.9 Å². The molecule has 5 heteroatoms. The topological polar surface area (TPSA) is 60.8 Å². The minimum absolute atomic E-state index is 0.259. The van der Waals surface area contributed by atoms with Gasteiger partial charge in [0.25, 0.3) is 0 Å². The number of carbonyl (C=O) groups excluding carboxylic acids is 1. The molecule has 1 amide bonds. The minimum atomic E-state index is -0.832. The summed E-state index contributed by atoms with van der Waals surface area (Å²) in [5.41, 5.74) is 1.16. The van der Waals surface area contributed by atoms with Gasteiger partial charge in [0.2, 0.25) is 0 Å². The van der Waals surface area contributed by atoms with Crippen molar-refractivity contribution in [2.75, 3.05) is 0 Å². The van der Waals surface area contributed by atoms with Gasteiger partial charge in [-0.15, -0.1) is 0 Å². The molecule has 1 rings (SSSR count). The molecule has 1 aromatic rings. The second-order valence-electron chi connectivity index (χ2n) is 2.61. The molecule has 1 aromatic carbocycles. The second kappa shape index (κ2) is 4.03. The smallest absolute Gasteiger partial charge is 0.264 e. The predicted octanol–water partition coefficient (Wildman–Crippen LogP) is 1.82. The van der Waals surface area contributed by atoms with Gasteiger partial charge in [0.05, 0.1) is 0 Å². The molecule has 0 aliphatic heterocycles. The highest BCUT2D eigenvalue weighted by Crippen LogP contribution is 2.12.